The topological polar surface area (TPSA) is 64.9 Å². The maximum absolute atomic E-state index is 12.1. The molecule has 0 radical (unpaired) electrons. The van der Waals surface area contributed by atoms with Crippen LogP contribution < -0.4 is 10.6 Å². The summed E-state index contributed by atoms with van der Waals surface area (Å²) in [5, 5.41) is 15.1. The first-order valence-corrected chi connectivity index (χ1v) is 6.71. The molecule has 0 aromatic heterocycles. The Balaban J connectivity index is 2.11. The van der Waals surface area contributed by atoms with Crippen LogP contribution in [0.15, 0.2) is 22.7 Å². The predicted octanol–water partition coefficient (Wildman–Crippen LogP) is 2.26. The quantitative estimate of drug-likeness (QED) is 0.881. The lowest BCUT2D eigenvalue weighted by Gasteiger charge is -2.22. The van der Waals surface area contributed by atoms with E-state index in [0.717, 1.165) is 30.4 Å². The van der Waals surface area contributed by atoms with Gasteiger partial charge in [-0.3, -0.25) is 4.79 Å². The molecule has 1 aliphatic heterocycles. The van der Waals surface area contributed by atoms with Gasteiger partial charge in [0.2, 0.25) is 5.91 Å². The molecule has 5 heteroatoms. The van der Waals surface area contributed by atoms with E-state index in [1.807, 2.05) is 0 Å². The molecule has 1 amide bonds. The molecule has 0 bridgehead atoms. The highest BCUT2D eigenvalue weighted by atomic mass is 79.9. The Hall–Kier alpha value is -1.38. The number of hydrogen-bond acceptors (Lipinski definition) is 3. The molecule has 2 rings (SSSR count). The number of benzene rings is 1. The van der Waals surface area contributed by atoms with E-state index in [4.69, 9.17) is 5.26 Å². The second-order valence-electron chi connectivity index (χ2n) is 4.32. The maximum Gasteiger partial charge on any atom is 0.227 e. The van der Waals surface area contributed by atoms with Crippen molar-refractivity contribution < 1.29 is 4.79 Å². The molecule has 1 saturated heterocycles. The highest BCUT2D eigenvalue weighted by molar-refractivity contribution is 9.10. The fourth-order valence-corrected chi connectivity index (χ4v) is 2.40. The predicted molar refractivity (Wildman–Crippen MR) is 73.1 cm³/mol. The number of anilines is 1. The fourth-order valence-electron chi connectivity index (χ4n) is 2.04. The van der Waals surface area contributed by atoms with Crippen LogP contribution in [0, 0.1) is 17.2 Å². The van der Waals surface area contributed by atoms with E-state index >= 15 is 0 Å². The van der Waals surface area contributed by atoms with Gasteiger partial charge < -0.3 is 10.6 Å². The number of nitriles is 1. The number of halogens is 1. The molecule has 1 aliphatic rings. The molecule has 0 spiro atoms. The van der Waals surface area contributed by atoms with Gasteiger partial charge in [0, 0.05) is 10.4 Å². The van der Waals surface area contributed by atoms with Crippen molar-refractivity contribution in [2.75, 3.05) is 18.4 Å². The molecule has 0 unspecified atom stereocenters. The summed E-state index contributed by atoms with van der Waals surface area (Å²) in [6.07, 6.45) is 1.70. The van der Waals surface area contributed by atoms with Gasteiger partial charge in [0.15, 0.2) is 0 Å². The summed E-state index contributed by atoms with van der Waals surface area (Å²) in [6, 6.07) is 7.33. The van der Waals surface area contributed by atoms with Crippen molar-refractivity contribution in [3.05, 3.63) is 28.2 Å². The molecule has 18 heavy (non-hydrogen) atoms. The molecule has 1 aromatic rings. The van der Waals surface area contributed by atoms with Crippen LogP contribution in [0.4, 0.5) is 5.69 Å². The lowest BCUT2D eigenvalue weighted by Crippen LogP contribution is -2.34. The number of carbonyl (C=O) groups is 1. The molecule has 2 N–H and O–H groups in total. The summed E-state index contributed by atoms with van der Waals surface area (Å²) in [5.41, 5.74) is 1.07. The first-order chi connectivity index (χ1) is 8.70. The van der Waals surface area contributed by atoms with Gasteiger partial charge >= 0.3 is 0 Å². The van der Waals surface area contributed by atoms with Crippen LogP contribution in [0.25, 0.3) is 0 Å². The first-order valence-electron chi connectivity index (χ1n) is 5.92. The molecule has 1 fully saturated rings. The highest BCUT2D eigenvalue weighted by Crippen LogP contribution is 2.22. The normalized spacial score (nSPS) is 16.0. The zero-order valence-electron chi connectivity index (χ0n) is 9.87. The molecule has 94 valence electrons. The minimum Gasteiger partial charge on any atom is -0.325 e. The minimum atomic E-state index is 0.00565. The van der Waals surface area contributed by atoms with Crippen LogP contribution in [0.5, 0.6) is 0 Å². The number of piperidine rings is 1. The number of nitrogens with zero attached hydrogens (tertiary/aromatic N) is 1. The molecule has 4 nitrogen and oxygen atoms in total. The van der Waals surface area contributed by atoms with Gasteiger partial charge in [-0.25, -0.2) is 0 Å². The van der Waals surface area contributed by atoms with E-state index < -0.39 is 0 Å². The van der Waals surface area contributed by atoms with Gasteiger partial charge in [-0.2, -0.15) is 5.26 Å². The van der Waals surface area contributed by atoms with Crippen molar-refractivity contribution in [3.63, 3.8) is 0 Å². The third-order valence-electron chi connectivity index (χ3n) is 3.07. The smallest absolute Gasteiger partial charge is 0.227 e. The van der Waals surface area contributed by atoms with Crippen molar-refractivity contribution in [2.45, 2.75) is 12.8 Å². The van der Waals surface area contributed by atoms with Crippen molar-refractivity contribution in [1.29, 1.82) is 5.26 Å². The average molecular weight is 308 g/mol. The van der Waals surface area contributed by atoms with Crippen molar-refractivity contribution in [1.82, 2.24) is 5.32 Å². The SMILES string of the molecule is N#Cc1ccc(Br)cc1NC(=O)C1CCNCC1. The highest BCUT2D eigenvalue weighted by Gasteiger charge is 2.21. The van der Waals surface area contributed by atoms with Crippen LogP contribution in [-0.2, 0) is 4.79 Å². The molecular formula is C13H14BrN3O. The molecule has 0 atom stereocenters. The second-order valence-corrected chi connectivity index (χ2v) is 5.23. The van der Waals surface area contributed by atoms with E-state index in [-0.39, 0.29) is 11.8 Å². The summed E-state index contributed by atoms with van der Waals surface area (Å²) < 4.78 is 0.849. The molecule has 1 heterocycles. The number of nitrogens with one attached hydrogen (secondary N) is 2. The Bertz CT molecular complexity index is 489. The lowest BCUT2D eigenvalue weighted by molar-refractivity contribution is -0.120. The largest absolute Gasteiger partial charge is 0.325 e. The summed E-state index contributed by atoms with van der Waals surface area (Å²) in [7, 11) is 0. The zero-order chi connectivity index (χ0) is 13.0. The Morgan fingerprint density at radius 1 is 1.44 bits per heavy atom. The molecular weight excluding hydrogens is 294 g/mol. The van der Waals surface area contributed by atoms with Gasteiger partial charge in [-0.1, -0.05) is 15.9 Å². The maximum atomic E-state index is 12.1. The van der Waals surface area contributed by atoms with Crippen LogP contribution in [-0.4, -0.2) is 19.0 Å². The standard InChI is InChI=1S/C13H14BrN3O/c14-11-2-1-10(8-15)12(7-11)17-13(18)9-3-5-16-6-4-9/h1-2,7,9,16H,3-6H2,(H,17,18). The van der Waals surface area contributed by atoms with E-state index in [1.165, 1.54) is 0 Å². The summed E-state index contributed by atoms with van der Waals surface area (Å²) in [6.45, 7) is 1.75. The van der Waals surface area contributed by atoms with Gasteiger partial charge in [-0.15, -0.1) is 0 Å². The second kappa shape index (κ2) is 5.98. The lowest BCUT2D eigenvalue weighted by atomic mass is 9.97. The Kier molecular flexibility index (Phi) is 4.34. The zero-order valence-corrected chi connectivity index (χ0v) is 11.5. The van der Waals surface area contributed by atoms with Crippen molar-refractivity contribution >= 4 is 27.5 Å². The van der Waals surface area contributed by atoms with Crippen LogP contribution in [0.3, 0.4) is 0 Å². The van der Waals surface area contributed by atoms with Crippen molar-refractivity contribution in [3.8, 4) is 6.07 Å². The molecule has 1 aromatic carbocycles. The van der Waals surface area contributed by atoms with E-state index in [9.17, 15) is 4.79 Å². The monoisotopic (exact) mass is 307 g/mol. The third kappa shape index (κ3) is 3.09. The Morgan fingerprint density at radius 3 is 2.83 bits per heavy atom. The van der Waals surface area contributed by atoms with Gasteiger partial charge in [0.1, 0.15) is 6.07 Å². The number of hydrogen-bond donors (Lipinski definition) is 2. The molecule has 0 aliphatic carbocycles. The van der Waals surface area contributed by atoms with E-state index in [2.05, 4.69) is 32.6 Å². The van der Waals surface area contributed by atoms with Crippen LogP contribution in [0.1, 0.15) is 18.4 Å². The van der Waals surface area contributed by atoms with E-state index in [0.29, 0.717) is 11.3 Å². The number of rotatable bonds is 2. The first kappa shape index (κ1) is 13.1. The van der Waals surface area contributed by atoms with Crippen molar-refractivity contribution in [2.24, 2.45) is 5.92 Å². The Labute approximate surface area is 115 Å². The van der Waals surface area contributed by atoms with Gasteiger partial charge in [0.05, 0.1) is 11.3 Å². The number of amides is 1. The van der Waals surface area contributed by atoms with Crippen LogP contribution >= 0.6 is 15.9 Å². The fraction of sp³-hybridized carbons (Fsp3) is 0.385. The van der Waals surface area contributed by atoms with Gasteiger partial charge in [0.25, 0.3) is 0 Å². The average Bonchev–Trinajstić information content (AvgIpc) is 2.40. The molecule has 0 saturated carbocycles. The van der Waals surface area contributed by atoms with E-state index in [1.54, 1.807) is 18.2 Å². The summed E-state index contributed by atoms with van der Waals surface area (Å²) in [4.78, 5) is 12.1. The van der Waals surface area contributed by atoms with Gasteiger partial charge in [-0.05, 0) is 44.1 Å². The summed E-state index contributed by atoms with van der Waals surface area (Å²) in [5.74, 6) is 0.0443. The van der Waals surface area contributed by atoms with Crippen LogP contribution in [0.2, 0.25) is 0 Å². The Morgan fingerprint density at radius 2 is 2.17 bits per heavy atom. The number of carbonyl (C=O) groups excluding carboxylic acids is 1. The summed E-state index contributed by atoms with van der Waals surface area (Å²) >= 11 is 3.34. The third-order valence-corrected chi connectivity index (χ3v) is 3.56. The minimum absolute atomic E-state index is 0.00565.